The van der Waals surface area contributed by atoms with Crippen molar-refractivity contribution in [2.24, 2.45) is 5.92 Å². The summed E-state index contributed by atoms with van der Waals surface area (Å²) >= 11 is 0. The molecule has 0 radical (unpaired) electrons. The zero-order chi connectivity index (χ0) is 23.7. The second kappa shape index (κ2) is 9.51. The Bertz CT molecular complexity index is 962. The Labute approximate surface area is 193 Å². The van der Waals surface area contributed by atoms with Gasteiger partial charge in [0.1, 0.15) is 24.5 Å². The molecule has 2 saturated heterocycles. The summed E-state index contributed by atoms with van der Waals surface area (Å²) in [6, 6.07) is 4.46. The molecule has 9 nitrogen and oxygen atoms in total. The topological polar surface area (TPSA) is 116 Å². The molecule has 33 heavy (non-hydrogen) atoms. The maximum atomic E-state index is 12.8. The number of imide groups is 1. The Hall–Kier alpha value is -2.94. The molecule has 0 aromatic heterocycles. The van der Waals surface area contributed by atoms with E-state index in [1.165, 1.54) is 4.90 Å². The minimum Gasteiger partial charge on any atom is -0.491 e. The molecule has 1 unspecified atom stereocenters. The van der Waals surface area contributed by atoms with Crippen molar-refractivity contribution in [3.63, 3.8) is 0 Å². The summed E-state index contributed by atoms with van der Waals surface area (Å²) in [7, 11) is 0. The fourth-order valence-corrected chi connectivity index (χ4v) is 4.75. The van der Waals surface area contributed by atoms with E-state index in [-0.39, 0.29) is 42.6 Å². The van der Waals surface area contributed by atoms with Crippen LogP contribution in [-0.4, -0.2) is 69.9 Å². The van der Waals surface area contributed by atoms with E-state index >= 15 is 0 Å². The highest BCUT2D eigenvalue weighted by atomic mass is 16.5. The van der Waals surface area contributed by atoms with Crippen LogP contribution in [0.5, 0.6) is 5.75 Å². The lowest BCUT2D eigenvalue weighted by atomic mass is 9.99. The van der Waals surface area contributed by atoms with E-state index in [4.69, 9.17) is 4.74 Å². The van der Waals surface area contributed by atoms with Gasteiger partial charge < -0.3 is 19.6 Å². The van der Waals surface area contributed by atoms with Crippen LogP contribution in [0.4, 0.5) is 0 Å². The van der Waals surface area contributed by atoms with Crippen molar-refractivity contribution in [1.29, 1.82) is 0 Å². The van der Waals surface area contributed by atoms with Crippen LogP contribution in [0.15, 0.2) is 18.2 Å². The molecule has 4 rings (SSSR count). The maximum absolute atomic E-state index is 12.8. The molecule has 2 N–H and O–H groups in total. The molecule has 3 heterocycles. The van der Waals surface area contributed by atoms with Crippen molar-refractivity contribution in [2.75, 3.05) is 13.2 Å². The van der Waals surface area contributed by atoms with Gasteiger partial charge in [-0.3, -0.25) is 24.5 Å². The number of ether oxygens (including phenoxy) is 1. The van der Waals surface area contributed by atoms with Gasteiger partial charge in [0.25, 0.3) is 11.8 Å². The number of hydrogen-bond acceptors (Lipinski definition) is 6. The number of fused-ring (bicyclic) bond motifs is 1. The lowest BCUT2D eigenvalue weighted by molar-refractivity contribution is -0.147. The second-order valence-electron chi connectivity index (χ2n) is 9.40. The number of aliphatic hydroxyl groups excluding tert-OH is 1. The van der Waals surface area contributed by atoms with Crippen LogP contribution in [0, 0.1) is 5.92 Å². The molecule has 1 aromatic carbocycles. The van der Waals surface area contributed by atoms with Crippen molar-refractivity contribution in [3.8, 4) is 5.75 Å². The quantitative estimate of drug-likeness (QED) is 0.621. The molecular weight excluding hydrogens is 426 g/mol. The van der Waals surface area contributed by atoms with Crippen LogP contribution in [0.2, 0.25) is 0 Å². The number of benzene rings is 1. The van der Waals surface area contributed by atoms with Gasteiger partial charge in [0.2, 0.25) is 11.8 Å². The average Bonchev–Trinajstić information content (AvgIpc) is 3.12. The van der Waals surface area contributed by atoms with Crippen molar-refractivity contribution in [1.82, 2.24) is 15.1 Å². The fraction of sp³-hybridized carbons (Fsp3) is 0.583. The van der Waals surface area contributed by atoms with E-state index in [0.29, 0.717) is 30.9 Å². The molecule has 1 aromatic rings. The predicted octanol–water partition coefficient (Wildman–Crippen LogP) is 1.22. The Morgan fingerprint density at radius 2 is 2.00 bits per heavy atom. The maximum Gasteiger partial charge on any atom is 0.255 e. The Morgan fingerprint density at radius 3 is 2.73 bits per heavy atom. The average molecular weight is 458 g/mol. The number of nitrogens with zero attached hydrogens (tertiary/aromatic N) is 2. The molecule has 0 spiro atoms. The van der Waals surface area contributed by atoms with E-state index in [9.17, 15) is 24.3 Å². The van der Waals surface area contributed by atoms with Gasteiger partial charge >= 0.3 is 0 Å². The first-order valence-corrected chi connectivity index (χ1v) is 11.6. The summed E-state index contributed by atoms with van der Waals surface area (Å²) < 4.78 is 6.01. The van der Waals surface area contributed by atoms with Crippen LogP contribution in [-0.2, 0) is 20.9 Å². The van der Waals surface area contributed by atoms with Gasteiger partial charge in [-0.05, 0) is 55.4 Å². The number of likely N-dealkylation sites (tertiary alicyclic amines) is 1. The molecule has 0 saturated carbocycles. The minimum absolute atomic E-state index is 0.116. The highest BCUT2D eigenvalue weighted by Crippen LogP contribution is 2.30. The zero-order valence-electron chi connectivity index (χ0n) is 19.1. The van der Waals surface area contributed by atoms with E-state index in [2.05, 4.69) is 5.32 Å². The van der Waals surface area contributed by atoms with Crippen molar-refractivity contribution >= 4 is 23.6 Å². The number of hydrogen-bond donors (Lipinski definition) is 2. The number of nitrogens with one attached hydrogen (secondary N) is 1. The van der Waals surface area contributed by atoms with E-state index in [1.54, 1.807) is 23.1 Å². The Balaban J connectivity index is 1.41. The van der Waals surface area contributed by atoms with Crippen LogP contribution in [0.1, 0.15) is 61.9 Å². The molecule has 2 fully saturated rings. The molecule has 3 aliphatic heterocycles. The van der Waals surface area contributed by atoms with E-state index in [0.717, 1.165) is 24.8 Å². The largest absolute Gasteiger partial charge is 0.491 e. The summed E-state index contributed by atoms with van der Waals surface area (Å²) in [4.78, 5) is 52.4. The summed E-state index contributed by atoms with van der Waals surface area (Å²) in [5.74, 6) is -0.783. The van der Waals surface area contributed by atoms with E-state index in [1.807, 2.05) is 13.8 Å². The molecule has 4 amide bonds. The number of piperidine rings is 2. The van der Waals surface area contributed by atoms with Gasteiger partial charge in [-0.2, -0.15) is 0 Å². The first-order valence-electron chi connectivity index (χ1n) is 11.6. The Morgan fingerprint density at radius 1 is 1.21 bits per heavy atom. The van der Waals surface area contributed by atoms with Crippen molar-refractivity contribution < 1.29 is 29.0 Å². The molecule has 9 heteroatoms. The fourth-order valence-electron chi connectivity index (χ4n) is 4.75. The predicted molar refractivity (Wildman–Crippen MR) is 118 cm³/mol. The lowest BCUT2D eigenvalue weighted by Gasteiger charge is -2.37. The zero-order valence-corrected chi connectivity index (χ0v) is 19.1. The van der Waals surface area contributed by atoms with Crippen LogP contribution < -0.4 is 10.1 Å². The van der Waals surface area contributed by atoms with Gasteiger partial charge in [-0.15, -0.1) is 0 Å². The summed E-state index contributed by atoms with van der Waals surface area (Å²) in [5.41, 5.74) is 1.30. The highest BCUT2D eigenvalue weighted by Gasteiger charge is 2.39. The monoisotopic (exact) mass is 457 g/mol. The Kier molecular flexibility index (Phi) is 6.69. The lowest BCUT2D eigenvalue weighted by Crippen LogP contribution is -2.52. The van der Waals surface area contributed by atoms with E-state index < -0.39 is 18.1 Å². The smallest absolute Gasteiger partial charge is 0.255 e. The highest BCUT2D eigenvalue weighted by molar-refractivity contribution is 6.05. The number of carbonyl (C=O) groups is 4. The summed E-state index contributed by atoms with van der Waals surface area (Å²) in [6.07, 6.45) is 2.23. The van der Waals surface area contributed by atoms with Gasteiger partial charge in [-0.1, -0.05) is 13.8 Å². The number of carbonyl (C=O) groups excluding carboxylic acids is 4. The van der Waals surface area contributed by atoms with Crippen LogP contribution in [0.3, 0.4) is 0 Å². The van der Waals surface area contributed by atoms with Gasteiger partial charge in [0, 0.05) is 25.1 Å². The third-order valence-electron chi connectivity index (χ3n) is 6.73. The SMILES string of the molecule is CC(C)[C@H](O)C(=O)N1CCCC[C@H]1COc1ccc2c(c1)CN(C1CCC(=O)NC1=O)C2=O. The van der Waals surface area contributed by atoms with Gasteiger partial charge in [-0.25, -0.2) is 0 Å². The van der Waals surface area contributed by atoms with Gasteiger partial charge in [0.15, 0.2) is 0 Å². The number of amides is 4. The first kappa shape index (κ1) is 23.2. The van der Waals surface area contributed by atoms with Crippen LogP contribution >= 0.6 is 0 Å². The molecule has 0 bridgehead atoms. The third kappa shape index (κ3) is 4.73. The normalized spacial score (nSPS) is 24.1. The number of rotatable bonds is 6. The number of aliphatic hydroxyl groups is 1. The molecular formula is C24H31N3O6. The third-order valence-corrected chi connectivity index (χ3v) is 6.73. The summed E-state index contributed by atoms with van der Waals surface area (Å²) in [5, 5.41) is 12.5. The van der Waals surface area contributed by atoms with Crippen molar-refractivity contribution in [2.45, 2.75) is 70.7 Å². The minimum atomic E-state index is -1.02. The van der Waals surface area contributed by atoms with Crippen molar-refractivity contribution in [3.05, 3.63) is 29.3 Å². The molecule has 3 atom stereocenters. The second-order valence-corrected chi connectivity index (χ2v) is 9.40. The molecule has 0 aliphatic carbocycles. The van der Waals surface area contributed by atoms with Gasteiger partial charge in [0.05, 0.1) is 6.04 Å². The van der Waals surface area contributed by atoms with Crippen LogP contribution in [0.25, 0.3) is 0 Å². The summed E-state index contributed by atoms with van der Waals surface area (Å²) in [6.45, 7) is 4.84. The standard InChI is InChI=1S/C24H31N3O6/c1-14(2)21(29)24(32)26-10-4-3-5-16(26)13-33-17-6-7-18-15(11-17)12-27(23(18)31)19-8-9-20(28)25-22(19)30/h6-7,11,14,16,19,21,29H,3-5,8-10,12-13H2,1-2H3,(H,25,28,30)/t16-,19?,21-/m0/s1. The molecule has 178 valence electrons. The molecule has 3 aliphatic rings. The first-order chi connectivity index (χ1) is 15.8.